The summed E-state index contributed by atoms with van der Waals surface area (Å²) in [5.41, 5.74) is 5.69. The van der Waals surface area contributed by atoms with Gasteiger partial charge in [0.05, 0.1) is 6.61 Å². The van der Waals surface area contributed by atoms with Crippen molar-refractivity contribution in [2.45, 2.75) is 19.8 Å². The zero-order valence-electron chi connectivity index (χ0n) is 10.2. The van der Waals surface area contributed by atoms with Crippen LogP contribution in [0.25, 0.3) is 0 Å². The van der Waals surface area contributed by atoms with Crippen LogP contribution in [0, 0.1) is 0 Å². The van der Waals surface area contributed by atoms with Gasteiger partial charge in [-0.25, -0.2) is 0 Å². The van der Waals surface area contributed by atoms with E-state index in [0.29, 0.717) is 12.3 Å². The molecule has 0 atom stereocenters. The normalized spacial score (nSPS) is 11.1. The van der Waals surface area contributed by atoms with Gasteiger partial charge in [0.2, 0.25) is 5.84 Å². The van der Waals surface area contributed by atoms with E-state index in [1.807, 2.05) is 0 Å². The summed E-state index contributed by atoms with van der Waals surface area (Å²) in [6, 6.07) is 6.86. The lowest BCUT2D eigenvalue weighted by Gasteiger charge is -2.07. The van der Waals surface area contributed by atoms with E-state index in [1.54, 1.807) is 24.3 Å². The molecule has 0 heterocycles. The van der Waals surface area contributed by atoms with Gasteiger partial charge in [0.25, 0.3) is 5.91 Å². The second kappa shape index (κ2) is 7.16. The number of ether oxygens (including phenoxy) is 1. The molecule has 6 nitrogen and oxygen atoms in total. The number of amidine groups is 1. The highest BCUT2D eigenvalue weighted by molar-refractivity contribution is 6.41. The Morgan fingerprint density at radius 2 is 2.11 bits per heavy atom. The lowest BCUT2D eigenvalue weighted by atomic mass is 10.3. The summed E-state index contributed by atoms with van der Waals surface area (Å²) >= 11 is 0. The van der Waals surface area contributed by atoms with E-state index in [9.17, 15) is 4.79 Å². The Balaban J connectivity index is 2.52. The van der Waals surface area contributed by atoms with Gasteiger partial charge in [-0.1, -0.05) is 18.5 Å². The standard InChI is InChI=1S/C12H17N3O3/c1-2-3-8-18-10-6-4-9(5-7-10)14-12(16)11(13)15-17/h4-7,17H,2-3,8H2,1H3,(H2,13,15)(H,14,16). The molecule has 0 aliphatic heterocycles. The molecule has 18 heavy (non-hydrogen) atoms. The Morgan fingerprint density at radius 1 is 1.44 bits per heavy atom. The molecular formula is C12H17N3O3. The number of carbonyl (C=O) groups is 1. The number of nitrogens with zero attached hydrogens (tertiary/aromatic N) is 1. The zero-order valence-corrected chi connectivity index (χ0v) is 10.2. The number of benzene rings is 1. The van der Waals surface area contributed by atoms with Gasteiger partial charge >= 0.3 is 0 Å². The Labute approximate surface area is 105 Å². The van der Waals surface area contributed by atoms with Crippen molar-refractivity contribution in [3.63, 3.8) is 0 Å². The zero-order chi connectivity index (χ0) is 13.4. The molecule has 0 unspecified atom stereocenters. The minimum absolute atomic E-state index is 0.488. The summed E-state index contributed by atoms with van der Waals surface area (Å²) in [6.07, 6.45) is 2.08. The van der Waals surface area contributed by atoms with Crippen molar-refractivity contribution in [1.82, 2.24) is 0 Å². The molecule has 1 amide bonds. The van der Waals surface area contributed by atoms with Crippen molar-refractivity contribution in [3.8, 4) is 5.75 Å². The number of oxime groups is 1. The minimum Gasteiger partial charge on any atom is -0.494 e. The quantitative estimate of drug-likeness (QED) is 0.243. The fourth-order valence-corrected chi connectivity index (χ4v) is 1.21. The van der Waals surface area contributed by atoms with Crippen molar-refractivity contribution >= 4 is 17.4 Å². The van der Waals surface area contributed by atoms with Crippen LogP contribution >= 0.6 is 0 Å². The summed E-state index contributed by atoms with van der Waals surface area (Å²) < 4.78 is 5.47. The number of hydrogen-bond acceptors (Lipinski definition) is 4. The van der Waals surface area contributed by atoms with Crippen LogP contribution in [0.4, 0.5) is 5.69 Å². The molecule has 98 valence electrons. The predicted molar refractivity (Wildman–Crippen MR) is 68.9 cm³/mol. The minimum atomic E-state index is -0.655. The Kier molecular flexibility index (Phi) is 5.50. The molecule has 0 aromatic heterocycles. The topological polar surface area (TPSA) is 96.9 Å². The lowest BCUT2D eigenvalue weighted by Crippen LogP contribution is -2.29. The number of hydrogen-bond donors (Lipinski definition) is 3. The van der Waals surface area contributed by atoms with Gasteiger partial charge < -0.3 is 21.0 Å². The van der Waals surface area contributed by atoms with Crippen LogP contribution in [0.3, 0.4) is 0 Å². The summed E-state index contributed by atoms with van der Waals surface area (Å²) in [5, 5.41) is 13.4. The van der Waals surface area contributed by atoms with E-state index in [1.165, 1.54) is 0 Å². The smallest absolute Gasteiger partial charge is 0.294 e. The van der Waals surface area contributed by atoms with Gasteiger partial charge in [0, 0.05) is 5.69 Å². The molecule has 0 saturated carbocycles. The average molecular weight is 251 g/mol. The van der Waals surface area contributed by atoms with E-state index in [0.717, 1.165) is 18.6 Å². The second-order valence-electron chi connectivity index (χ2n) is 3.67. The molecule has 0 bridgehead atoms. The monoisotopic (exact) mass is 251 g/mol. The van der Waals surface area contributed by atoms with Crippen LogP contribution in [-0.2, 0) is 4.79 Å². The van der Waals surface area contributed by atoms with E-state index in [-0.39, 0.29) is 0 Å². The van der Waals surface area contributed by atoms with Gasteiger partial charge in [-0.15, -0.1) is 0 Å². The van der Waals surface area contributed by atoms with Crippen molar-refractivity contribution in [3.05, 3.63) is 24.3 Å². The predicted octanol–water partition coefficient (Wildman–Crippen LogP) is 1.55. The van der Waals surface area contributed by atoms with Gasteiger partial charge in [0.1, 0.15) is 5.75 Å². The maximum absolute atomic E-state index is 11.3. The van der Waals surface area contributed by atoms with Crippen molar-refractivity contribution in [2.75, 3.05) is 11.9 Å². The Morgan fingerprint density at radius 3 is 2.67 bits per heavy atom. The molecule has 0 radical (unpaired) electrons. The van der Waals surface area contributed by atoms with Gasteiger partial charge in [-0.05, 0) is 30.7 Å². The SMILES string of the molecule is CCCCOc1ccc(NC(=O)/C(N)=N/O)cc1. The highest BCUT2D eigenvalue weighted by atomic mass is 16.5. The van der Waals surface area contributed by atoms with E-state index >= 15 is 0 Å². The third-order valence-electron chi connectivity index (χ3n) is 2.22. The Hall–Kier alpha value is -2.24. The molecule has 0 fully saturated rings. The molecule has 6 heteroatoms. The summed E-state index contributed by atoms with van der Waals surface area (Å²) in [7, 11) is 0. The number of unbranched alkanes of at least 4 members (excludes halogenated alkanes) is 1. The maximum atomic E-state index is 11.3. The molecule has 0 aliphatic rings. The molecule has 0 aliphatic carbocycles. The van der Waals surface area contributed by atoms with E-state index in [4.69, 9.17) is 15.7 Å². The summed E-state index contributed by atoms with van der Waals surface area (Å²) in [5.74, 6) is -0.402. The lowest BCUT2D eigenvalue weighted by molar-refractivity contribution is -0.110. The Bertz CT molecular complexity index is 415. The van der Waals surface area contributed by atoms with Gasteiger partial charge in [-0.3, -0.25) is 4.79 Å². The fourth-order valence-electron chi connectivity index (χ4n) is 1.21. The first-order valence-electron chi connectivity index (χ1n) is 5.69. The number of rotatable bonds is 5. The molecule has 1 aromatic rings. The summed E-state index contributed by atoms with van der Waals surface area (Å²) in [6.45, 7) is 2.77. The highest BCUT2D eigenvalue weighted by Crippen LogP contribution is 2.15. The first-order chi connectivity index (χ1) is 8.67. The third-order valence-corrected chi connectivity index (χ3v) is 2.22. The largest absolute Gasteiger partial charge is 0.494 e. The van der Waals surface area contributed by atoms with Gasteiger partial charge in [-0.2, -0.15) is 0 Å². The van der Waals surface area contributed by atoms with Crippen LogP contribution in [0.15, 0.2) is 29.4 Å². The highest BCUT2D eigenvalue weighted by Gasteiger charge is 2.07. The molecule has 4 N–H and O–H groups in total. The first-order valence-corrected chi connectivity index (χ1v) is 5.69. The summed E-state index contributed by atoms with van der Waals surface area (Å²) in [4.78, 5) is 11.3. The van der Waals surface area contributed by atoms with Gasteiger partial charge in [0.15, 0.2) is 0 Å². The van der Waals surface area contributed by atoms with Crippen LogP contribution in [-0.4, -0.2) is 23.6 Å². The second-order valence-corrected chi connectivity index (χ2v) is 3.67. The molecule has 0 saturated heterocycles. The number of carbonyl (C=O) groups excluding carboxylic acids is 1. The van der Waals surface area contributed by atoms with E-state index < -0.39 is 11.7 Å². The van der Waals surface area contributed by atoms with Crippen LogP contribution in [0.5, 0.6) is 5.75 Å². The molecular weight excluding hydrogens is 234 g/mol. The van der Waals surface area contributed by atoms with Crippen LogP contribution < -0.4 is 15.8 Å². The van der Waals surface area contributed by atoms with Crippen molar-refractivity contribution in [1.29, 1.82) is 0 Å². The fraction of sp³-hybridized carbons (Fsp3) is 0.333. The molecule has 1 rings (SSSR count). The number of nitrogens with two attached hydrogens (primary N) is 1. The third kappa shape index (κ3) is 4.32. The van der Waals surface area contributed by atoms with Crippen LogP contribution in [0.1, 0.15) is 19.8 Å². The van der Waals surface area contributed by atoms with Crippen molar-refractivity contribution in [2.24, 2.45) is 10.9 Å². The molecule has 1 aromatic carbocycles. The van der Waals surface area contributed by atoms with E-state index in [2.05, 4.69) is 17.4 Å². The molecule has 0 spiro atoms. The number of amides is 1. The first kappa shape index (κ1) is 13.8. The average Bonchev–Trinajstić information content (AvgIpc) is 2.40. The maximum Gasteiger partial charge on any atom is 0.294 e. The number of anilines is 1. The van der Waals surface area contributed by atoms with Crippen LogP contribution in [0.2, 0.25) is 0 Å². The number of nitrogens with one attached hydrogen (secondary N) is 1. The van der Waals surface area contributed by atoms with Crippen molar-refractivity contribution < 1.29 is 14.7 Å².